The van der Waals surface area contributed by atoms with E-state index in [0.717, 1.165) is 44.3 Å². The number of hydrogen-bond donors (Lipinski definition) is 1. The van der Waals surface area contributed by atoms with Crippen molar-refractivity contribution in [1.82, 2.24) is 20.2 Å². The minimum Gasteiger partial charge on any atom is -0.496 e. The summed E-state index contributed by atoms with van der Waals surface area (Å²) in [5.74, 6) is 1.01. The van der Waals surface area contributed by atoms with Crippen LogP contribution in [0.4, 0.5) is 0 Å². The van der Waals surface area contributed by atoms with E-state index < -0.39 is 0 Å². The zero-order valence-electron chi connectivity index (χ0n) is 13.5. The summed E-state index contributed by atoms with van der Waals surface area (Å²) >= 11 is 0. The second-order valence-electron chi connectivity index (χ2n) is 6.18. The Labute approximate surface area is 137 Å². The molecule has 1 fully saturated rings. The van der Waals surface area contributed by atoms with E-state index in [-0.39, 0.29) is 0 Å². The third-order valence-electron chi connectivity index (χ3n) is 4.51. The van der Waals surface area contributed by atoms with Gasteiger partial charge in [-0.1, -0.05) is 6.08 Å². The van der Waals surface area contributed by atoms with Crippen LogP contribution in [0.25, 0.3) is 0 Å². The van der Waals surface area contributed by atoms with Gasteiger partial charge in [0.25, 0.3) is 0 Å². The lowest BCUT2D eigenvalue weighted by atomic mass is 10.1. The first-order chi connectivity index (χ1) is 11.3. The van der Waals surface area contributed by atoms with E-state index in [0.29, 0.717) is 6.61 Å². The molecule has 0 aromatic rings. The molecule has 4 aliphatic rings. The van der Waals surface area contributed by atoms with Gasteiger partial charge in [-0.05, 0) is 26.0 Å². The maximum atomic E-state index is 5.39. The number of nitrogens with one attached hydrogen (secondary N) is 1. The molecule has 23 heavy (non-hydrogen) atoms. The average molecular weight is 313 g/mol. The first-order valence-electron chi connectivity index (χ1n) is 8.28. The maximum Gasteiger partial charge on any atom is 0.151 e. The Balaban J connectivity index is 1.56. The van der Waals surface area contributed by atoms with Crippen LogP contribution in [0.5, 0.6) is 0 Å². The predicted octanol–water partition coefficient (Wildman–Crippen LogP) is 1.40. The Bertz CT molecular complexity index is 623. The number of allylic oxidation sites excluding steroid dienone is 3. The molecule has 1 N–H and O–H groups in total. The molecule has 1 saturated heterocycles. The fourth-order valence-electron chi connectivity index (χ4n) is 3.29. The molecule has 0 radical (unpaired) electrons. The molecule has 0 amide bonds. The summed E-state index contributed by atoms with van der Waals surface area (Å²) in [7, 11) is 0. The molecule has 122 valence electrons. The van der Waals surface area contributed by atoms with Gasteiger partial charge in [0.2, 0.25) is 0 Å². The molecule has 6 heteroatoms. The fraction of sp³-hybridized carbons (Fsp3) is 0.471. The number of hydrogen-bond acceptors (Lipinski definition) is 6. The van der Waals surface area contributed by atoms with Crippen LogP contribution in [-0.4, -0.2) is 60.0 Å². The predicted molar refractivity (Wildman–Crippen MR) is 90.1 cm³/mol. The number of hydrazine groups is 1. The van der Waals surface area contributed by atoms with Crippen LogP contribution in [0.3, 0.4) is 0 Å². The van der Waals surface area contributed by atoms with Crippen molar-refractivity contribution in [2.24, 2.45) is 4.99 Å². The van der Waals surface area contributed by atoms with Crippen molar-refractivity contribution in [3.8, 4) is 0 Å². The molecule has 4 heterocycles. The standard InChI is InChI=1S/C17H23N5O/c1-14-10-20-11-16(15-4-2-9-23-13-15)19-17(20)12-22(14)21-7-3-5-18-6-8-21/h2,4,9-10,12,18H,3,5-8,11,13H2,1H3. The molecule has 0 bridgehead atoms. The second-order valence-corrected chi connectivity index (χ2v) is 6.18. The van der Waals surface area contributed by atoms with Crippen molar-refractivity contribution in [3.05, 3.63) is 47.9 Å². The molecule has 0 spiro atoms. The normalized spacial score (nSPS) is 25.1. The molecule has 0 aromatic heterocycles. The Kier molecular flexibility index (Phi) is 3.93. The van der Waals surface area contributed by atoms with Gasteiger partial charge in [0.05, 0.1) is 24.7 Å². The Morgan fingerprint density at radius 3 is 3.04 bits per heavy atom. The highest BCUT2D eigenvalue weighted by atomic mass is 16.5. The van der Waals surface area contributed by atoms with Crippen LogP contribution in [0.15, 0.2) is 52.9 Å². The molecule has 0 unspecified atom stereocenters. The van der Waals surface area contributed by atoms with Crippen LogP contribution in [0.1, 0.15) is 13.3 Å². The van der Waals surface area contributed by atoms with E-state index in [4.69, 9.17) is 9.73 Å². The molecule has 0 atom stereocenters. The molecule has 4 rings (SSSR count). The summed E-state index contributed by atoms with van der Waals surface area (Å²) in [6.07, 6.45) is 11.3. The number of fused-ring (bicyclic) bond motifs is 1. The molecular formula is C17H23N5O. The maximum absolute atomic E-state index is 5.39. The van der Waals surface area contributed by atoms with Gasteiger partial charge in [0, 0.05) is 37.1 Å². The van der Waals surface area contributed by atoms with Gasteiger partial charge in [-0.25, -0.2) is 10.0 Å². The molecule has 0 aromatic carbocycles. The average Bonchev–Trinajstić information content (AvgIpc) is 2.80. The van der Waals surface area contributed by atoms with E-state index in [1.54, 1.807) is 6.26 Å². The molecule has 6 nitrogen and oxygen atoms in total. The monoisotopic (exact) mass is 313 g/mol. The largest absolute Gasteiger partial charge is 0.496 e. The van der Waals surface area contributed by atoms with Crippen molar-refractivity contribution in [1.29, 1.82) is 0 Å². The molecule has 0 saturated carbocycles. The van der Waals surface area contributed by atoms with Crippen molar-refractivity contribution in [2.75, 3.05) is 39.3 Å². The van der Waals surface area contributed by atoms with Crippen molar-refractivity contribution in [3.63, 3.8) is 0 Å². The molecule has 0 aliphatic carbocycles. The highest BCUT2D eigenvalue weighted by Crippen LogP contribution is 2.27. The SMILES string of the molecule is CC1=CN2CC(C3=CC=COC3)=NC2=CN1N1CCCNCC1. The van der Waals surface area contributed by atoms with Crippen LogP contribution < -0.4 is 5.32 Å². The lowest BCUT2D eigenvalue weighted by molar-refractivity contribution is 0.0550. The summed E-state index contributed by atoms with van der Waals surface area (Å²) in [5, 5.41) is 8.11. The minimum absolute atomic E-state index is 0.612. The smallest absolute Gasteiger partial charge is 0.151 e. The van der Waals surface area contributed by atoms with Crippen LogP contribution >= 0.6 is 0 Å². The first kappa shape index (κ1) is 14.5. The van der Waals surface area contributed by atoms with E-state index in [2.05, 4.69) is 45.6 Å². The minimum atomic E-state index is 0.612. The topological polar surface area (TPSA) is 43.3 Å². The third-order valence-corrected chi connectivity index (χ3v) is 4.51. The second kappa shape index (κ2) is 6.22. The lowest BCUT2D eigenvalue weighted by Gasteiger charge is -2.37. The zero-order chi connectivity index (χ0) is 15.6. The van der Waals surface area contributed by atoms with Crippen molar-refractivity contribution in [2.45, 2.75) is 13.3 Å². The van der Waals surface area contributed by atoms with E-state index in [1.165, 1.54) is 17.7 Å². The Morgan fingerprint density at radius 1 is 1.22 bits per heavy atom. The van der Waals surface area contributed by atoms with Gasteiger partial charge in [-0.3, -0.25) is 5.01 Å². The van der Waals surface area contributed by atoms with Crippen molar-refractivity contribution >= 4 is 5.71 Å². The first-order valence-corrected chi connectivity index (χ1v) is 8.28. The molecule has 4 aliphatic heterocycles. The van der Waals surface area contributed by atoms with Gasteiger partial charge >= 0.3 is 0 Å². The number of rotatable bonds is 2. The van der Waals surface area contributed by atoms with Gasteiger partial charge in [0.15, 0.2) is 5.82 Å². The van der Waals surface area contributed by atoms with Gasteiger partial charge < -0.3 is 15.0 Å². The highest BCUT2D eigenvalue weighted by molar-refractivity contribution is 6.04. The van der Waals surface area contributed by atoms with E-state index in [9.17, 15) is 0 Å². The Morgan fingerprint density at radius 2 is 2.17 bits per heavy atom. The number of nitrogens with zero attached hydrogens (tertiary/aromatic N) is 4. The van der Waals surface area contributed by atoms with Crippen molar-refractivity contribution < 1.29 is 4.74 Å². The van der Waals surface area contributed by atoms with Crippen LogP contribution in [-0.2, 0) is 4.74 Å². The van der Waals surface area contributed by atoms with Gasteiger partial charge in [-0.15, -0.1) is 0 Å². The van der Waals surface area contributed by atoms with Gasteiger partial charge in [-0.2, -0.15) is 0 Å². The fourth-order valence-corrected chi connectivity index (χ4v) is 3.29. The number of ether oxygens (including phenoxy) is 1. The summed E-state index contributed by atoms with van der Waals surface area (Å²) in [6.45, 7) is 7.82. The van der Waals surface area contributed by atoms with E-state index in [1.807, 2.05) is 6.08 Å². The summed E-state index contributed by atoms with van der Waals surface area (Å²) in [5.41, 5.74) is 3.50. The van der Waals surface area contributed by atoms with Crippen LogP contribution in [0, 0.1) is 0 Å². The van der Waals surface area contributed by atoms with Gasteiger partial charge in [0.1, 0.15) is 6.61 Å². The summed E-state index contributed by atoms with van der Waals surface area (Å²) in [6, 6.07) is 0. The number of aliphatic imine (C=N–C) groups is 1. The summed E-state index contributed by atoms with van der Waals surface area (Å²) < 4.78 is 5.39. The zero-order valence-corrected chi connectivity index (χ0v) is 13.5. The quantitative estimate of drug-likeness (QED) is 0.835. The lowest BCUT2D eigenvalue weighted by Crippen LogP contribution is -2.42. The summed E-state index contributed by atoms with van der Waals surface area (Å²) in [4.78, 5) is 7.05. The Hall–Kier alpha value is -2.05. The van der Waals surface area contributed by atoms with E-state index >= 15 is 0 Å². The van der Waals surface area contributed by atoms with Crippen LogP contribution in [0.2, 0.25) is 0 Å². The third kappa shape index (κ3) is 2.92. The molecular weight excluding hydrogens is 290 g/mol. The highest BCUT2D eigenvalue weighted by Gasteiger charge is 2.28.